The van der Waals surface area contributed by atoms with Gasteiger partial charge in [-0.25, -0.2) is 0 Å². The summed E-state index contributed by atoms with van der Waals surface area (Å²) < 4.78 is 0. The lowest BCUT2D eigenvalue weighted by Gasteiger charge is -2.37. The van der Waals surface area contributed by atoms with E-state index < -0.39 is 5.41 Å². The second kappa shape index (κ2) is 8.41. The molecule has 0 aliphatic rings. The molecule has 0 fully saturated rings. The van der Waals surface area contributed by atoms with Crippen molar-refractivity contribution in [3.05, 3.63) is 162 Å². The molecule has 1 aromatic heterocycles. The molecule has 0 saturated carbocycles. The van der Waals surface area contributed by atoms with Crippen LogP contribution in [0.15, 0.2) is 140 Å². The van der Waals surface area contributed by atoms with Crippen molar-refractivity contribution in [2.24, 2.45) is 0 Å². The van der Waals surface area contributed by atoms with Crippen molar-refractivity contribution in [1.29, 1.82) is 0 Å². The van der Waals surface area contributed by atoms with E-state index in [9.17, 15) is 0 Å². The normalized spacial score (nSPS) is 11.2. The van der Waals surface area contributed by atoms with E-state index in [1.807, 2.05) is 12.4 Å². The van der Waals surface area contributed by atoms with Crippen LogP contribution < -0.4 is 0 Å². The third-order valence-electron chi connectivity index (χ3n) is 5.93. The molecular weight excluding hydrogens is 374 g/mol. The summed E-state index contributed by atoms with van der Waals surface area (Å²) >= 11 is 0. The van der Waals surface area contributed by atoms with Gasteiger partial charge < -0.3 is 0 Å². The molecule has 0 aliphatic carbocycles. The Labute approximate surface area is 183 Å². The van der Waals surface area contributed by atoms with Crippen LogP contribution in [0.25, 0.3) is 11.1 Å². The van der Waals surface area contributed by atoms with E-state index in [0.29, 0.717) is 0 Å². The van der Waals surface area contributed by atoms with Crippen molar-refractivity contribution in [2.45, 2.75) is 5.41 Å². The summed E-state index contributed by atoms with van der Waals surface area (Å²) in [7, 11) is 0. The average Bonchev–Trinajstić information content (AvgIpc) is 2.87. The predicted molar refractivity (Wildman–Crippen MR) is 128 cm³/mol. The smallest absolute Gasteiger partial charge is 0.0701 e. The van der Waals surface area contributed by atoms with Gasteiger partial charge in [0.25, 0.3) is 0 Å². The van der Waals surface area contributed by atoms with Crippen molar-refractivity contribution in [2.75, 3.05) is 0 Å². The number of hydrogen-bond acceptors (Lipinski definition) is 1. The molecule has 1 heterocycles. The average molecular weight is 398 g/mol. The highest BCUT2D eigenvalue weighted by Crippen LogP contribution is 2.45. The highest BCUT2D eigenvalue weighted by molar-refractivity contribution is 5.68. The fourth-order valence-corrected chi connectivity index (χ4v) is 4.54. The van der Waals surface area contributed by atoms with E-state index in [2.05, 4.69) is 132 Å². The summed E-state index contributed by atoms with van der Waals surface area (Å²) in [4.78, 5) is 4.18. The quantitative estimate of drug-likeness (QED) is 0.287. The van der Waals surface area contributed by atoms with Crippen molar-refractivity contribution in [3.63, 3.8) is 0 Å². The molecule has 0 spiro atoms. The van der Waals surface area contributed by atoms with Crippen LogP contribution in [0.5, 0.6) is 0 Å². The molecule has 5 aromatic rings. The first kappa shape index (κ1) is 19.0. The molecule has 0 bridgehead atoms. The lowest BCUT2D eigenvalue weighted by Crippen LogP contribution is -2.31. The first-order chi connectivity index (χ1) is 15.4. The zero-order valence-electron chi connectivity index (χ0n) is 17.2. The van der Waals surface area contributed by atoms with E-state index in [1.54, 1.807) is 0 Å². The number of nitrogens with zero attached hydrogens (tertiary/aromatic N) is 1. The summed E-state index contributed by atoms with van der Waals surface area (Å²) in [6.45, 7) is 0. The fourth-order valence-electron chi connectivity index (χ4n) is 4.54. The van der Waals surface area contributed by atoms with Gasteiger partial charge in [-0.1, -0.05) is 109 Å². The molecule has 0 saturated heterocycles. The molecule has 0 aliphatic heterocycles. The Bertz CT molecular complexity index is 1150. The van der Waals surface area contributed by atoms with Gasteiger partial charge in [0.2, 0.25) is 0 Å². The van der Waals surface area contributed by atoms with Crippen molar-refractivity contribution >= 4 is 0 Å². The molecule has 4 aromatic carbocycles. The molecule has 1 heteroatoms. The van der Waals surface area contributed by atoms with Gasteiger partial charge in [0.1, 0.15) is 0 Å². The van der Waals surface area contributed by atoms with Crippen LogP contribution in [0.4, 0.5) is 0 Å². The van der Waals surface area contributed by atoms with Gasteiger partial charge in [-0.05, 0) is 51.6 Å². The van der Waals surface area contributed by atoms with Crippen LogP contribution >= 0.6 is 0 Å². The van der Waals surface area contributed by atoms with Crippen LogP contribution in [-0.4, -0.2) is 4.98 Å². The maximum Gasteiger partial charge on any atom is 0.0701 e. The molecule has 0 atom stereocenters. The third-order valence-corrected chi connectivity index (χ3v) is 5.93. The Balaban J connectivity index is 1.85. The Kier molecular flexibility index (Phi) is 5.16. The lowest BCUT2D eigenvalue weighted by atomic mass is 9.65. The molecular formula is C30H23N. The Morgan fingerprint density at radius 1 is 0.387 bits per heavy atom. The summed E-state index contributed by atoms with van der Waals surface area (Å²) in [5.74, 6) is 0. The monoisotopic (exact) mass is 397 g/mol. The topological polar surface area (TPSA) is 12.9 Å². The molecule has 0 unspecified atom stereocenters. The lowest BCUT2D eigenvalue weighted by molar-refractivity contribution is 0.745. The van der Waals surface area contributed by atoms with Crippen molar-refractivity contribution in [1.82, 2.24) is 4.98 Å². The summed E-state index contributed by atoms with van der Waals surface area (Å²) in [5.41, 5.74) is 6.92. The zero-order chi connectivity index (χ0) is 20.9. The van der Waals surface area contributed by atoms with E-state index in [4.69, 9.17) is 0 Å². The highest BCUT2D eigenvalue weighted by atomic mass is 14.6. The van der Waals surface area contributed by atoms with Gasteiger partial charge in [-0.2, -0.15) is 0 Å². The Morgan fingerprint density at radius 3 is 1.32 bits per heavy atom. The molecule has 0 N–H and O–H groups in total. The van der Waals surface area contributed by atoms with Crippen LogP contribution in [0.1, 0.15) is 22.3 Å². The summed E-state index contributed by atoms with van der Waals surface area (Å²) in [5, 5.41) is 0. The number of pyridine rings is 1. The van der Waals surface area contributed by atoms with E-state index in [-0.39, 0.29) is 0 Å². The first-order valence-corrected chi connectivity index (χ1v) is 10.6. The number of aromatic nitrogens is 1. The van der Waals surface area contributed by atoms with Crippen molar-refractivity contribution in [3.8, 4) is 11.1 Å². The Hall–Kier alpha value is -3.97. The molecule has 0 radical (unpaired) electrons. The number of benzene rings is 4. The second-order valence-electron chi connectivity index (χ2n) is 7.66. The van der Waals surface area contributed by atoms with E-state index in [0.717, 1.165) is 0 Å². The standard InChI is InChI=1S/C30H23N/c1-4-12-26(13-5-1)30(27-14-6-2-7-15-27,28-16-8-3-9-17-28)29-18-10-11-25(23-29)24-19-21-31-22-20-24/h1-23H. The van der Waals surface area contributed by atoms with Gasteiger partial charge >= 0.3 is 0 Å². The van der Waals surface area contributed by atoms with Gasteiger partial charge in [0.05, 0.1) is 5.41 Å². The predicted octanol–water partition coefficient (Wildman–Crippen LogP) is 7.13. The summed E-state index contributed by atoms with van der Waals surface area (Å²) in [6.07, 6.45) is 3.70. The minimum atomic E-state index is -0.424. The summed E-state index contributed by atoms with van der Waals surface area (Å²) in [6, 6.07) is 45.5. The largest absolute Gasteiger partial charge is 0.265 e. The van der Waals surface area contributed by atoms with Crippen LogP contribution in [0.3, 0.4) is 0 Å². The van der Waals surface area contributed by atoms with Gasteiger partial charge in [-0.15, -0.1) is 0 Å². The fraction of sp³-hybridized carbons (Fsp3) is 0.0333. The highest BCUT2D eigenvalue weighted by Gasteiger charge is 2.38. The first-order valence-electron chi connectivity index (χ1n) is 10.6. The van der Waals surface area contributed by atoms with Crippen LogP contribution in [0.2, 0.25) is 0 Å². The van der Waals surface area contributed by atoms with E-state index in [1.165, 1.54) is 33.4 Å². The second-order valence-corrected chi connectivity index (χ2v) is 7.66. The van der Waals surface area contributed by atoms with Crippen LogP contribution in [0, 0.1) is 0 Å². The molecule has 1 nitrogen and oxygen atoms in total. The molecule has 31 heavy (non-hydrogen) atoms. The van der Waals surface area contributed by atoms with Gasteiger partial charge in [0, 0.05) is 12.4 Å². The van der Waals surface area contributed by atoms with E-state index >= 15 is 0 Å². The molecule has 148 valence electrons. The SMILES string of the molecule is c1ccc(C(c2ccccc2)(c2ccccc2)c2cccc(-c3ccncc3)c2)cc1. The molecule has 0 amide bonds. The minimum Gasteiger partial charge on any atom is -0.265 e. The Morgan fingerprint density at radius 2 is 0.839 bits per heavy atom. The van der Waals surface area contributed by atoms with Crippen molar-refractivity contribution < 1.29 is 0 Å². The third kappa shape index (κ3) is 3.45. The van der Waals surface area contributed by atoms with Crippen LogP contribution in [-0.2, 0) is 5.41 Å². The number of hydrogen-bond donors (Lipinski definition) is 0. The minimum absolute atomic E-state index is 0.424. The zero-order valence-corrected chi connectivity index (χ0v) is 17.2. The van der Waals surface area contributed by atoms with Gasteiger partial charge in [0.15, 0.2) is 0 Å². The maximum atomic E-state index is 4.18. The molecule has 5 rings (SSSR count). The van der Waals surface area contributed by atoms with Gasteiger partial charge in [-0.3, -0.25) is 4.98 Å². The number of rotatable bonds is 5. The maximum absolute atomic E-state index is 4.18.